The minimum Gasteiger partial charge on any atom is -0.384 e. The largest absolute Gasteiger partial charge is 0.384 e. The summed E-state index contributed by atoms with van der Waals surface area (Å²) >= 11 is 0. The lowest BCUT2D eigenvalue weighted by Gasteiger charge is -2.32. The summed E-state index contributed by atoms with van der Waals surface area (Å²) in [5, 5.41) is 7.45. The van der Waals surface area contributed by atoms with Crippen molar-refractivity contribution in [3.8, 4) is 0 Å². The van der Waals surface area contributed by atoms with Gasteiger partial charge in [0.15, 0.2) is 0 Å². The van der Waals surface area contributed by atoms with E-state index in [1.165, 1.54) is 37.1 Å². The molecule has 1 aliphatic heterocycles. The van der Waals surface area contributed by atoms with E-state index in [1.54, 1.807) is 0 Å². The van der Waals surface area contributed by atoms with Crippen LogP contribution >= 0.6 is 0 Å². The fourth-order valence-corrected chi connectivity index (χ4v) is 3.34. The molecule has 0 spiro atoms. The van der Waals surface area contributed by atoms with Crippen LogP contribution < -0.4 is 5.73 Å². The van der Waals surface area contributed by atoms with Crippen LogP contribution in [0, 0.1) is 11.3 Å². The summed E-state index contributed by atoms with van der Waals surface area (Å²) in [4.78, 5) is 2.56. The quantitative estimate of drug-likeness (QED) is 0.657. The number of nitrogens with zero attached hydrogens (tertiary/aromatic N) is 1. The SMILES string of the molecule is N=C(N)c1ccc(CC2CCN(Cc3ccccc3)CC2)cc1. The maximum Gasteiger partial charge on any atom is 0.122 e. The smallest absolute Gasteiger partial charge is 0.122 e. The molecule has 0 amide bonds. The van der Waals surface area contributed by atoms with Gasteiger partial charge in [-0.1, -0.05) is 54.6 Å². The molecule has 1 heterocycles. The van der Waals surface area contributed by atoms with Crippen LogP contribution in [0.5, 0.6) is 0 Å². The first-order chi connectivity index (χ1) is 11.2. The predicted molar refractivity (Wildman–Crippen MR) is 95.6 cm³/mol. The van der Waals surface area contributed by atoms with E-state index in [2.05, 4.69) is 47.4 Å². The lowest BCUT2D eigenvalue weighted by molar-refractivity contribution is 0.177. The molecule has 0 atom stereocenters. The van der Waals surface area contributed by atoms with Gasteiger partial charge >= 0.3 is 0 Å². The molecule has 1 saturated heterocycles. The Morgan fingerprint density at radius 2 is 1.61 bits per heavy atom. The van der Waals surface area contributed by atoms with Crippen molar-refractivity contribution < 1.29 is 0 Å². The molecule has 3 rings (SSSR count). The zero-order chi connectivity index (χ0) is 16.1. The molecular formula is C20H25N3. The minimum atomic E-state index is 0.144. The number of piperidine rings is 1. The second-order valence-electron chi connectivity index (χ2n) is 6.52. The van der Waals surface area contributed by atoms with Gasteiger partial charge in [0, 0.05) is 12.1 Å². The number of nitrogens with two attached hydrogens (primary N) is 1. The van der Waals surface area contributed by atoms with Gasteiger partial charge in [0.25, 0.3) is 0 Å². The second kappa shape index (κ2) is 7.42. The van der Waals surface area contributed by atoms with E-state index in [1.807, 2.05) is 12.1 Å². The third kappa shape index (κ3) is 4.42. The van der Waals surface area contributed by atoms with Crippen LogP contribution in [0.4, 0.5) is 0 Å². The summed E-state index contributed by atoms with van der Waals surface area (Å²) in [5.74, 6) is 0.913. The first-order valence-electron chi connectivity index (χ1n) is 8.40. The molecule has 2 aromatic carbocycles. The van der Waals surface area contributed by atoms with Crippen molar-refractivity contribution >= 4 is 5.84 Å². The molecular weight excluding hydrogens is 282 g/mol. The third-order valence-electron chi connectivity index (χ3n) is 4.75. The van der Waals surface area contributed by atoms with Crippen LogP contribution in [0.25, 0.3) is 0 Å². The van der Waals surface area contributed by atoms with Crippen LogP contribution in [-0.4, -0.2) is 23.8 Å². The number of nitrogens with one attached hydrogen (secondary N) is 1. The van der Waals surface area contributed by atoms with Gasteiger partial charge in [0.05, 0.1) is 0 Å². The number of likely N-dealkylation sites (tertiary alicyclic amines) is 1. The zero-order valence-electron chi connectivity index (χ0n) is 13.5. The predicted octanol–water partition coefficient (Wildman–Crippen LogP) is 3.43. The van der Waals surface area contributed by atoms with Crippen molar-refractivity contribution in [3.05, 3.63) is 71.3 Å². The molecule has 0 bridgehead atoms. The number of rotatable bonds is 5. The lowest BCUT2D eigenvalue weighted by Crippen LogP contribution is -2.33. The van der Waals surface area contributed by atoms with E-state index in [4.69, 9.17) is 11.1 Å². The van der Waals surface area contributed by atoms with Gasteiger partial charge < -0.3 is 5.73 Å². The maximum atomic E-state index is 7.45. The normalized spacial score (nSPS) is 16.3. The number of hydrogen-bond donors (Lipinski definition) is 2. The number of amidine groups is 1. The van der Waals surface area contributed by atoms with Gasteiger partial charge in [0.2, 0.25) is 0 Å². The highest BCUT2D eigenvalue weighted by Gasteiger charge is 2.19. The van der Waals surface area contributed by atoms with Gasteiger partial charge in [-0.05, 0) is 49.4 Å². The fourth-order valence-electron chi connectivity index (χ4n) is 3.34. The standard InChI is InChI=1S/C20H25N3/c21-20(22)19-8-6-16(7-9-19)14-17-10-12-23(13-11-17)15-18-4-2-1-3-5-18/h1-9,17H,10-15H2,(H3,21,22). The van der Waals surface area contributed by atoms with E-state index < -0.39 is 0 Å². The molecule has 120 valence electrons. The Kier molecular flexibility index (Phi) is 5.09. The summed E-state index contributed by atoms with van der Waals surface area (Å²) in [5.41, 5.74) is 9.08. The highest BCUT2D eigenvalue weighted by atomic mass is 15.1. The number of hydrogen-bond acceptors (Lipinski definition) is 2. The van der Waals surface area contributed by atoms with Crippen LogP contribution in [0.15, 0.2) is 54.6 Å². The second-order valence-corrected chi connectivity index (χ2v) is 6.52. The Balaban J connectivity index is 1.48. The van der Waals surface area contributed by atoms with Gasteiger partial charge in [-0.25, -0.2) is 0 Å². The Labute approximate surface area is 138 Å². The first kappa shape index (κ1) is 15.8. The molecule has 0 radical (unpaired) electrons. The first-order valence-corrected chi connectivity index (χ1v) is 8.40. The van der Waals surface area contributed by atoms with Crippen LogP contribution in [0.2, 0.25) is 0 Å². The molecule has 3 heteroatoms. The topological polar surface area (TPSA) is 53.1 Å². The Morgan fingerprint density at radius 1 is 0.957 bits per heavy atom. The number of nitrogen functional groups attached to an aromatic ring is 1. The van der Waals surface area contributed by atoms with Crippen LogP contribution in [0.1, 0.15) is 29.5 Å². The van der Waals surface area contributed by atoms with Crippen LogP contribution in [0.3, 0.4) is 0 Å². The van der Waals surface area contributed by atoms with E-state index in [0.717, 1.165) is 24.4 Å². The van der Waals surface area contributed by atoms with E-state index in [9.17, 15) is 0 Å². The highest BCUT2D eigenvalue weighted by molar-refractivity contribution is 5.94. The molecule has 0 aromatic heterocycles. The van der Waals surface area contributed by atoms with Gasteiger partial charge in [-0.3, -0.25) is 10.3 Å². The fraction of sp³-hybridized carbons (Fsp3) is 0.350. The zero-order valence-corrected chi connectivity index (χ0v) is 13.5. The average Bonchev–Trinajstić information content (AvgIpc) is 2.58. The lowest BCUT2D eigenvalue weighted by atomic mass is 9.89. The van der Waals surface area contributed by atoms with Gasteiger partial charge in [-0.2, -0.15) is 0 Å². The summed E-state index contributed by atoms with van der Waals surface area (Å²) in [7, 11) is 0. The molecule has 3 N–H and O–H groups in total. The van der Waals surface area contributed by atoms with Crippen molar-refractivity contribution in [2.24, 2.45) is 11.7 Å². The van der Waals surface area contributed by atoms with E-state index in [0.29, 0.717) is 0 Å². The molecule has 0 aliphatic carbocycles. The van der Waals surface area contributed by atoms with Gasteiger partial charge in [-0.15, -0.1) is 0 Å². The molecule has 1 fully saturated rings. The van der Waals surface area contributed by atoms with Crippen molar-refractivity contribution in [2.75, 3.05) is 13.1 Å². The summed E-state index contributed by atoms with van der Waals surface area (Å²) in [6.45, 7) is 3.44. The van der Waals surface area contributed by atoms with Crippen molar-refractivity contribution in [2.45, 2.75) is 25.8 Å². The Hall–Kier alpha value is -2.13. The summed E-state index contributed by atoms with van der Waals surface area (Å²) in [6, 6.07) is 18.9. The Morgan fingerprint density at radius 3 is 2.22 bits per heavy atom. The number of benzene rings is 2. The molecule has 23 heavy (non-hydrogen) atoms. The van der Waals surface area contributed by atoms with E-state index >= 15 is 0 Å². The van der Waals surface area contributed by atoms with Crippen molar-refractivity contribution in [1.29, 1.82) is 5.41 Å². The van der Waals surface area contributed by atoms with E-state index in [-0.39, 0.29) is 5.84 Å². The molecule has 0 unspecified atom stereocenters. The molecule has 1 aliphatic rings. The minimum absolute atomic E-state index is 0.144. The van der Waals surface area contributed by atoms with Crippen molar-refractivity contribution in [1.82, 2.24) is 4.90 Å². The monoisotopic (exact) mass is 307 g/mol. The summed E-state index contributed by atoms with van der Waals surface area (Å²) < 4.78 is 0. The van der Waals surface area contributed by atoms with Crippen LogP contribution in [-0.2, 0) is 13.0 Å². The average molecular weight is 307 g/mol. The van der Waals surface area contributed by atoms with Gasteiger partial charge in [0.1, 0.15) is 5.84 Å². The maximum absolute atomic E-state index is 7.45. The Bertz CT molecular complexity index is 626. The molecule has 3 nitrogen and oxygen atoms in total. The van der Waals surface area contributed by atoms with Crippen molar-refractivity contribution in [3.63, 3.8) is 0 Å². The molecule has 0 saturated carbocycles. The highest BCUT2D eigenvalue weighted by Crippen LogP contribution is 2.23. The third-order valence-corrected chi connectivity index (χ3v) is 4.75. The molecule has 2 aromatic rings. The summed E-state index contributed by atoms with van der Waals surface area (Å²) in [6.07, 6.45) is 3.67.